The van der Waals surface area contributed by atoms with Gasteiger partial charge < -0.3 is 10.6 Å². The van der Waals surface area contributed by atoms with Crippen LogP contribution < -0.4 is 10.6 Å². The highest BCUT2D eigenvalue weighted by molar-refractivity contribution is 5.94. The molecule has 4 nitrogen and oxygen atoms in total. The number of aromatic nitrogens is 1. The predicted octanol–water partition coefficient (Wildman–Crippen LogP) is 2.25. The zero-order chi connectivity index (χ0) is 11.7. The van der Waals surface area contributed by atoms with Crippen molar-refractivity contribution in [3.05, 3.63) is 24.5 Å². The second-order valence-corrected chi connectivity index (χ2v) is 5.10. The van der Waals surface area contributed by atoms with Crippen molar-refractivity contribution in [1.29, 1.82) is 0 Å². The lowest BCUT2D eigenvalue weighted by molar-refractivity contribution is -0.118. The van der Waals surface area contributed by atoms with Crippen LogP contribution in [0.2, 0.25) is 0 Å². The topological polar surface area (TPSA) is 54.0 Å². The van der Waals surface area contributed by atoms with Gasteiger partial charge in [-0.15, -0.1) is 24.8 Å². The Kier molecular flexibility index (Phi) is 5.59. The SMILES string of the molecule is Cl.Cl.O=C(Nc1cccnc1)C1CC12CCNCC2. The van der Waals surface area contributed by atoms with Gasteiger partial charge in [0.2, 0.25) is 5.91 Å². The molecule has 2 heterocycles. The van der Waals surface area contributed by atoms with Gasteiger partial charge in [0.25, 0.3) is 0 Å². The maximum absolute atomic E-state index is 12.1. The first-order valence-corrected chi connectivity index (χ1v) is 6.22. The van der Waals surface area contributed by atoms with Gasteiger partial charge in [0.05, 0.1) is 11.9 Å². The van der Waals surface area contributed by atoms with Crippen LogP contribution in [0.5, 0.6) is 0 Å². The van der Waals surface area contributed by atoms with Gasteiger partial charge in [0.1, 0.15) is 0 Å². The molecular weight excluding hydrogens is 285 g/mol. The van der Waals surface area contributed by atoms with Gasteiger partial charge in [-0.2, -0.15) is 0 Å². The molecule has 1 aliphatic carbocycles. The number of nitrogens with one attached hydrogen (secondary N) is 2. The molecule has 2 N–H and O–H groups in total. The minimum Gasteiger partial charge on any atom is -0.324 e. The third kappa shape index (κ3) is 3.38. The van der Waals surface area contributed by atoms with Gasteiger partial charge in [-0.25, -0.2) is 0 Å². The summed E-state index contributed by atoms with van der Waals surface area (Å²) in [6.07, 6.45) is 6.73. The molecule has 2 fully saturated rings. The molecule has 0 radical (unpaired) electrons. The second-order valence-electron chi connectivity index (χ2n) is 5.10. The zero-order valence-electron chi connectivity index (χ0n) is 10.6. The average molecular weight is 304 g/mol. The van der Waals surface area contributed by atoms with Crippen molar-refractivity contribution >= 4 is 36.4 Å². The monoisotopic (exact) mass is 303 g/mol. The van der Waals surface area contributed by atoms with Gasteiger partial charge in [-0.05, 0) is 49.9 Å². The highest BCUT2D eigenvalue weighted by Gasteiger charge is 2.57. The van der Waals surface area contributed by atoms with Crippen LogP contribution in [0.25, 0.3) is 0 Å². The van der Waals surface area contributed by atoms with Crippen LogP contribution in [0.15, 0.2) is 24.5 Å². The molecule has 0 aromatic carbocycles. The minimum atomic E-state index is 0. The molecular formula is C13H19Cl2N3O. The standard InChI is InChI=1S/C13H17N3O.2ClH/c17-12(16-10-2-1-5-15-9-10)11-8-13(11)3-6-14-7-4-13;;/h1-2,5,9,11,14H,3-4,6-8H2,(H,16,17);2*1H. The number of hydrogen-bond donors (Lipinski definition) is 2. The first-order valence-electron chi connectivity index (χ1n) is 6.22. The van der Waals surface area contributed by atoms with E-state index in [0.717, 1.165) is 38.0 Å². The van der Waals surface area contributed by atoms with Crippen LogP contribution >= 0.6 is 24.8 Å². The highest BCUT2D eigenvalue weighted by Crippen LogP contribution is 2.58. The lowest BCUT2D eigenvalue weighted by Crippen LogP contribution is -2.31. The summed E-state index contributed by atoms with van der Waals surface area (Å²) in [6.45, 7) is 2.10. The van der Waals surface area contributed by atoms with Crippen molar-refractivity contribution in [1.82, 2.24) is 10.3 Å². The zero-order valence-corrected chi connectivity index (χ0v) is 12.2. The van der Waals surface area contributed by atoms with Crippen molar-refractivity contribution in [3.63, 3.8) is 0 Å². The van der Waals surface area contributed by atoms with Crippen LogP contribution in [0.4, 0.5) is 5.69 Å². The molecule has 1 aromatic rings. The summed E-state index contributed by atoms with van der Waals surface area (Å²) < 4.78 is 0. The highest BCUT2D eigenvalue weighted by atomic mass is 35.5. The number of halogens is 2. The largest absolute Gasteiger partial charge is 0.324 e. The number of nitrogens with zero attached hydrogens (tertiary/aromatic N) is 1. The van der Waals surface area contributed by atoms with Crippen molar-refractivity contribution in [2.75, 3.05) is 18.4 Å². The maximum Gasteiger partial charge on any atom is 0.228 e. The average Bonchev–Trinajstić information content (AvgIpc) is 3.05. The Morgan fingerprint density at radius 3 is 2.74 bits per heavy atom. The van der Waals surface area contributed by atoms with Gasteiger partial charge in [-0.1, -0.05) is 0 Å². The molecule has 6 heteroatoms. The number of amides is 1. The Labute approximate surface area is 125 Å². The molecule has 106 valence electrons. The number of pyridine rings is 1. The van der Waals surface area contributed by atoms with E-state index >= 15 is 0 Å². The maximum atomic E-state index is 12.1. The summed E-state index contributed by atoms with van der Waals surface area (Å²) >= 11 is 0. The molecule has 19 heavy (non-hydrogen) atoms. The Hall–Kier alpha value is -0.840. The third-order valence-electron chi connectivity index (χ3n) is 4.03. The molecule has 3 rings (SSSR count). The molecule has 1 aromatic heterocycles. The Balaban J connectivity index is 0.000000902. The summed E-state index contributed by atoms with van der Waals surface area (Å²) in [7, 11) is 0. The molecule has 1 saturated carbocycles. The summed E-state index contributed by atoms with van der Waals surface area (Å²) in [5.74, 6) is 0.379. The number of anilines is 1. The smallest absolute Gasteiger partial charge is 0.228 e. The van der Waals surface area contributed by atoms with Crippen LogP contribution in [0, 0.1) is 11.3 Å². The fourth-order valence-corrected chi connectivity index (χ4v) is 2.86. The van der Waals surface area contributed by atoms with E-state index in [4.69, 9.17) is 0 Å². The molecule has 1 amide bonds. The van der Waals surface area contributed by atoms with E-state index < -0.39 is 0 Å². The van der Waals surface area contributed by atoms with Gasteiger partial charge in [0.15, 0.2) is 0 Å². The van der Waals surface area contributed by atoms with Crippen LogP contribution in [0.3, 0.4) is 0 Å². The minimum absolute atomic E-state index is 0. The molecule has 1 aliphatic heterocycles. The van der Waals surface area contributed by atoms with E-state index in [1.807, 2.05) is 12.1 Å². The quantitative estimate of drug-likeness (QED) is 0.881. The van der Waals surface area contributed by atoms with E-state index in [9.17, 15) is 4.79 Å². The second kappa shape index (κ2) is 6.55. The van der Waals surface area contributed by atoms with E-state index in [1.165, 1.54) is 0 Å². The van der Waals surface area contributed by atoms with E-state index in [2.05, 4.69) is 15.6 Å². The summed E-state index contributed by atoms with van der Waals surface area (Å²) in [4.78, 5) is 16.1. The number of hydrogen-bond acceptors (Lipinski definition) is 3. The van der Waals surface area contributed by atoms with Crippen LogP contribution in [0.1, 0.15) is 19.3 Å². The summed E-state index contributed by atoms with van der Waals surface area (Å²) in [6, 6.07) is 3.71. The van der Waals surface area contributed by atoms with Crippen molar-refractivity contribution in [2.45, 2.75) is 19.3 Å². The van der Waals surface area contributed by atoms with Crippen molar-refractivity contribution < 1.29 is 4.79 Å². The normalized spacial score (nSPS) is 22.8. The molecule has 1 unspecified atom stereocenters. The summed E-state index contributed by atoms with van der Waals surface area (Å²) in [5.41, 5.74) is 1.10. The number of carbonyl (C=O) groups excluding carboxylic acids is 1. The third-order valence-corrected chi connectivity index (χ3v) is 4.03. The van der Waals surface area contributed by atoms with Gasteiger partial charge in [0, 0.05) is 12.1 Å². The summed E-state index contributed by atoms with van der Waals surface area (Å²) in [5, 5.41) is 6.30. The van der Waals surface area contributed by atoms with Gasteiger partial charge in [-0.3, -0.25) is 9.78 Å². The molecule has 2 aliphatic rings. The van der Waals surface area contributed by atoms with E-state index in [-0.39, 0.29) is 36.6 Å². The fraction of sp³-hybridized carbons (Fsp3) is 0.538. The van der Waals surface area contributed by atoms with Gasteiger partial charge >= 0.3 is 0 Å². The Bertz CT molecular complexity index is 421. The van der Waals surface area contributed by atoms with Crippen LogP contribution in [-0.4, -0.2) is 24.0 Å². The first-order chi connectivity index (χ1) is 8.30. The molecule has 1 spiro atoms. The van der Waals surface area contributed by atoms with E-state index in [1.54, 1.807) is 12.4 Å². The van der Waals surface area contributed by atoms with Crippen molar-refractivity contribution in [3.8, 4) is 0 Å². The lowest BCUT2D eigenvalue weighted by atomic mass is 9.92. The lowest BCUT2D eigenvalue weighted by Gasteiger charge is -2.23. The first kappa shape index (κ1) is 16.2. The number of rotatable bonds is 2. The number of carbonyl (C=O) groups is 1. The molecule has 1 atom stereocenters. The number of piperidine rings is 1. The van der Waals surface area contributed by atoms with Crippen molar-refractivity contribution in [2.24, 2.45) is 11.3 Å². The van der Waals surface area contributed by atoms with Crippen LogP contribution in [-0.2, 0) is 4.79 Å². The Morgan fingerprint density at radius 2 is 2.11 bits per heavy atom. The fourth-order valence-electron chi connectivity index (χ4n) is 2.86. The molecule has 0 bridgehead atoms. The molecule has 1 saturated heterocycles. The predicted molar refractivity (Wildman–Crippen MR) is 80.0 cm³/mol. The van der Waals surface area contributed by atoms with E-state index in [0.29, 0.717) is 5.41 Å². The Morgan fingerprint density at radius 1 is 1.37 bits per heavy atom.